The molecule has 0 N–H and O–H groups in total. The van der Waals surface area contributed by atoms with E-state index in [9.17, 15) is 0 Å². The van der Waals surface area contributed by atoms with Gasteiger partial charge >= 0.3 is 0 Å². The van der Waals surface area contributed by atoms with Crippen LogP contribution in [0.25, 0.3) is 0 Å². The van der Waals surface area contributed by atoms with Crippen molar-refractivity contribution in [2.24, 2.45) is 0 Å². The van der Waals surface area contributed by atoms with E-state index in [4.69, 9.17) is 0 Å². The van der Waals surface area contributed by atoms with Crippen LogP contribution in [0, 0.1) is 0 Å². The molecule has 0 amide bonds. The molecule has 0 aromatic rings. The van der Waals surface area contributed by atoms with Crippen LogP contribution in [0.4, 0.5) is 0 Å². The van der Waals surface area contributed by atoms with Gasteiger partial charge in [-0.05, 0) is 20.6 Å². The predicted octanol–water partition coefficient (Wildman–Crippen LogP) is 0.626. The molecule has 0 rings (SSSR count). The van der Waals surface area contributed by atoms with Crippen LogP contribution in [-0.2, 0) is 0 Å². The summed E-state index contributed by atoms with van der Waals surface area (Å²) < 4.78 is 0. The zero-order valence-electron chi connectivity index (χ0n) is 4.86. The van der Waals surface area contributed by atoms with Gasteiger partial charge in [0.15, 0.2) is 0 Å². The summed E-state index contributed by atoms with van der Waals surface area (Å²) in [7, 11) is 4.11. The van der Waals surface area contributed by atoms with Gasteiger partial charge in [0.2, 0.25) is 0 Å². The Morgan fingerprint density at radius 1 is 1.33 bits per heavy atom. The van der Waals surface area contributed by atoms with Crippen LogP contribution >= 0.6 is 9.90 Å². The average Bonchev–Trinajstić information content (AvgIpc) is 1.38. The molecule has 0 saturated heterocycles. The van der Waals surface area contributed by atoms with Crippen molar-refractivity contribution in [1.29, 1.82) is 0 Å². The van der Waals surface area contributed by atoms with Gasteiger partial charge in [-0.3, -0.25) is 0 Å². The molecular formula is C4H14NP. The van der Waals surface area contributed by atoms with Crippen molar-refractivity contribution in [3.8, 4) is 0 Å². The zero-order chi connectivity index (χ0) is 4.28. The van der Waals surface area contributed by atoms with Gasteiger partial charge in [0.25, 0.3) is 0 Å². The number of nitrogens with zero attached hydrogens (tertiary/aromatic N) is 1. The second-order valence-corrected chi connectivity index (χ2v) is 1.40. The van der Waals surface area contributed by atoms with Crippen LogP contribution in [0.3, 0.4) is 0 Å². The van der Waals surface area contributed by atoms with E-state index in [1.165, 1.54) is 0 Å². The van der Waals surface area contributed by atoms with E-state index in [1.807, 2.05) is 0 Å². The van der Waals surface area contributed by atoms with E-state index in [0.717, 1.165) is 6.54 Å². The van der Waals surface area contributed by atoms with E-state index in [-0.39, 0.29) is 9.90 Å². The van der Waals surface area contributed by atoms with Gasteiger partial charge in [-0.15, -0.1) is 0 Å². The van der Waals surface area contributed by atoms with E-state index >= 15 is 0 Å². The van der Waals surface area contributed by atoms with Gasteiger partial charge in [-0.2, -0.15) is 9.90 Å². The van der Waals surface area contributed by atoms with Crippen LogP contribution in [0.15, 0.2) is 0 Å². The lowest BCUT2D eigenvalue weighted by Gasteiger charge is -2.00. The molecule has 40 valence electrons. The Balaban J connectivity index is 0. The number of hydrogen-bond acceptors (Lipinski definition) is 1. The molecule has 0 spiro atoms. The third-order valence-corrected chi connectivity index (χ3v) is 0.632. The number of rotatable bonds is 1. The van der Waals surface area contributed by atoms with Gasteiger partial charge in [0.1, 0.15) is 0 Å². The Kier molecular flexibility index (Phi) is 8.65. The fraction of sp³-hybridized carbons (Fsp3) is 1.00. The van der Waals surface area contributed by atoms with Crippen LogP contribution in [0.2, 0.25) is 0 Å². The Morgan fingerprint density at radius 3 is 1.50 bits per heavy atom. The van der Waals surface area contributed by atoms with Gasteiger partial charge in [-0.25, -0.2) is 0 Å². The standard InChI is InChI=1S/C4H11N.H3P/c1-4-5(2)3;/h4H2,1-3H3;1H3. The van der Waals surface area contributed by atoms with E-state index < -0.39 is 0 Å². The highest BCUT2D eigenvalue weighted by Crippen LogP contribution is 1.63. The van der Waals surface area contributed by atoms with Gasteiger partial charge in [0.05, 0.1) is 0 Å². The summed E-state index contributed by atoms with van der Waals surface area (Å²) in [6.07, 6.45) is 0. The summed E-state index contributed by atoms with van der Waals surface area (Å²) in [6, 6.07) is 0. The van der Waals surface area contributed by atoms with Crippen molar-refractivity contribution in [2.45, 2.75) is 6.92 Å². The second kappa shape index (κ2) is 5.39. The highest BCUT2D eigenvalue weighted by molar-refractivity contribution is 6.92. The van der Waals surface area contributed by atoms with Crippen molar-refractivity contribution in [1.82, 2.24) is 4.90 Å². The molecule has 0 saturated carbocycles. The summed E-state index contributed by atoms with van der Waals surface area (Å²) in [6.45, 7) is 3.26. The molecule has 0 fully saturated rings. The van der Waals surface area contributed by atoms with Crippen LogP contribution < -0.4 is 0 Å². The Labute approximate surface area is 43.3 Å². The van der Waals surface area contributed by atoms with Crippen molar-refractivity contribution in [3.63, 3.8) is 0 Å². The van der Waals surface area contributed by atoms with Gasteiger partial charge < -0.3 is 4.90 Å². The van der Waals surface area contributed by atoms with Crippen molar-refractivity contribution < 1.29 is 0 Å². The maximum Gasteiger partial charge on any atom is -0.00533 e. The molecule has 0 bridgehead atoms. The van der Waals surface area contributed by atoms with Crippen molar-refractivity contribution in [3.05, 3.63) is 0 Å². The fourth-order valence-corrected chi connectivity index (χ4v) is 0. The van der Waals surface area contributed by atoms with Crippen LogP contribution in [0.1, 0.15) is 6.92 Å². The largest absolute Gasteiger partial charge is 0.310 e. The molecule has 0 aliphatic carbocycles. The Morgan fingerprint density at radius 2 is 1.50 bits per heavy atom. The smallest absolute Gasteiger partial charge is 0.00533 e. The third kappa shape index (κ3) is 8.83. The minimum atomic E-state index is 0. The lowest BCUT2D eigenvalue weighted by molar-refractivity contribution is 0.434. The monoisotopic (exact) mass is 107 g/mol. The summed E-state index contributed by atoms with van der Waals surface area (Å²) in [5.41, 5.74) is 0. The van der Waals surface area contributed by atoms with E-state index in [0.29, 0.717) is 0 Å². The molecule has 2 heteroatoms. The first-order valence-electron chi connectivity index (χ1n) is 1.92. The quantitative estimate of drug-likeness (QED) is 0.444. The average molecular weight is 107 g/mol. The summed E-state index contributed by atoms with van der Waals surface area (Å²) >= 11 is 0. The molecule has 6 heavy (non-hydrogen) atoms. The lowest BCUT2D eigenvalue weighted by atomic mass is 10.7. The molecule has 0 aromatic carbocycles. The van der Waals surface area contributed by atoms with Gasteiger partial charge in [-0.1, -0.05) is 6.92 Å². The molecule has 0 aliphatic heterocycles. The first-order chi connectivity index (χ1) is 2.27. The third-order valence-electron chi connectivity index (χ3n) is 0.632. The first-order valence-corrected chi connectivity index (χ1v) is 1.92. The summed E-state index contributed by atoms with van der Waals surface area (Å²) in [4.78, 5) is 2.12. The molecule has 0 heterocycles. The predicted molar refractivity (Wildman–Crippen MR) is 35.3 cm³/mol. The fourth-order valence-electron chi connectivity index (χ4n) is 0. The molecule has 1 atom stereocenters. The zero-order valence-corrected chi connectivity index (χ0v) is 6.28. The molecular weight excluding hydrogens is 93.0 g/mol. The van der Waals surface area contributed by atoms with Crippen LogP contribution in [0.5, 0.6) is 0 Å². The van der Waals surface area contributed by atoms with E-state index in [2.05, 4.69) is 25.9 Å². The number of hydrogen-bond donors (Lipinski definition) is 0. The first kappa shape index (κ1) is 9.63. The molecule has 0 radical (unpaired) electrons. The van der Waals surface area contributed by atoms with Crippen molar-refractivity contribution >= 4 is 9.90 Å². The summed E-state index contributed by atoms with van der Waals surface area (Å²) in [5, 5.41) is 0. The highest BCUT2D eigenvalue weighted by Gasteiger charge is 1.72. The molecule has 1 unspecified atom stereocenters. The minimum absolute atomic E-state index is 0. The topological polar surface area (TPSA) is 3.24 Å². The SMILES string of the molecule is CCN(C)C.P. The molecule has 0 aromatic heterocycles. The normalized spacial score (nSPS) is 8.00. The van der Waals surface area contributed by atoms with Crippen molar-refractivity contribution in [2.75, 3.05) is 20.6 Å². The highest BCUT2D eigenvalue weighted by atomic mass is 31.0. The Hall–Kier alpha value is 0.390. The second-order valence-electron chi connectivity index (χ2n) is 1.40. The Bertz CT molecular complexity index is 21.5. The minimum Gasteiger partial charge on any atom is -0.310 e. The lowest BCUT2D eigenvalue weighted by Crippen LogP contribution is -2.08. The molecule has 0 aliphatic rings. The maximum absolute atomic E-state index is 2.12. The maximum atomic E-state index is 2.12. The van der Waals surface area contributed by atoms with Crippen LogP contribution in [-0.4, -0.2) is 25.5 Å². The summed E-state index contributed by atoms with van der Waals surface area (Å²) in [5.74, 6) is 0. The molecule has 1 nitrogen and oxygen atoms in total. The van der Waals surface area contributed by atoms with Gasteiger partial charge in [0, 0.05) is 0 Å². The van der Waals surface area contributed by atoms with E-state index in [1.54, 1.807) is 0 Å².